The molecule has 1 aliphatic rings. The third-order valence-corrected chi connectivity index (χ3v) is 6.31. The molecule has 3 aromatic rings. The number of barbiturate groups is 1. The van der Waals surface area contributed by atoms with Crippen LogP contribution in [0.25, 0.3) is 6.08 Å². The zero-order valence-electron chi connectivity index (χ0n) is 23.4. The number of hydrogen-bond acceptors (Lipinski definition) is 8. The van der Waals surface area contributed by atoms with Gasteiger partial charge in [0, 0.05) is 6.07 Å². The number of nitrogens with zero attached hydrogens (tertiary/aromatic N) is 1. The first kappa shape index (κ1) is 30.8. The second kappa shape index (κ2) is 13.7. The van der Waals surface area contributed by atoms with Crippen LogP contribution in [0.1, 0.15) is 18.9 Å². The Bertz CT molecular complexity index is 1610. The quantitative estimate of drug-likeness (QED) is 0.229. The van der Waals surface area contributed by atoms with Crippen molar-refractivity contribution in [3.63, 3.8) is 0 Å². The third-order valence-electron chi connectivity index (χ3n) is 6.03. The molecule has 2 N–H and O–H groups in total. The largest absolute Gasteiger partial charge is 0.493 e. The minimum absolute atomic E-state index is 0.00343. The van der Waals surface area contributed by atoms with E-state index in [0.717, 1.165) is 11.3 Å². The lowest BCUT2D eigenvalue weighted by molar-refractivity contribution is -0.122. The summed E-state index contributed by atoms with van der Waals surface area (Å²) in [4.78, 5) is 51.9. The van der Waals surface area contributed by atoms with E-state index in [2.05, 4.69) is 10.6 Å². The topological polar surface area (TPSA) is 132 Å². The van der Waals surface area contributed by atoms with Crippen molar-refractivity contribution in [3.05, 3.63) is 76.6 Å². The third kappa shape index (κ3) is 7.04. The average molecular weight is 612 g/mol. The van der Waals surface area contributed by atoms with E-state index >= 15 is 0 Å². The Balaban J connectivity index is 1.57. The van der Waals surface area contributed by atoms with Crippen molar-refractivity contribution in [2.24, 2.45) is 0 Å². The van der Waals surface area contributed by atoms with E-state index in [9.17, 15) is 23.6 Å². The summed E-state index contributed by atoms with van der Waals surface area (Å²) in [5, 5.41) is 4.54. The van der Waals surface area contributed by atoms with E-state index in [1.54, 1.807) is 12.1 Å². The van der Waals surface area contributed by atoms with E-state index in [-0.39, 0.29) is 39.0 Å². The van der Waals surface area contributed by atoms with Crippen LogP contribution < -0.4 is 34.5 Å². The van der Waals surface area contributed by atoms with Gasteiger partial charge >= 0.3 is 6.03 Å². The molecule has 0 unspecified atom stereocenters. The second-order valence-electron chi connectivity index (χ2n) is 8.99. The number of carbonyl (C=O) groups excluding carboxylic acids is 4. The van der Waals surface area contributed by atoms with Crippen molar-refractivity contribution in [3.8, 4) is 23.0 Å². The van der Waals surface area contributed by atoms with Gasteiger partial charge in [-0.1, -0.05) is 30.7 Å². The lowest BCUT2D eigenvalue weighted by atomic mass is 10.1. The number of amides is 5. The lowest BCUT2D eigenvalue weighted by Crippen LogP contribution is -2.54. The van der Waals surface area contributed by atoms with Crippen molar-refractivity contribution in [1.29, 1.82) is 0 Å². The highest BCUT2D eigenvalue weighted by Gasteiger charge is 2.37. The van der Waals surface area contributed by atoms with Crippen LogP contribution in [0.2, 0.25) is 5.02 Å². The number of methoxy groups -OCH3 is 2. The first-order valence-corrected chi connectivity index (χ1v) is 13.3. The molecule has 11 nitrogen and oxygen atoms in total. The monoisotopic (exact) mass is 611 g/mol. The van der Waals surface area contributed by atoms with Crippen LogP contribution in [0.4, 0.5) is 20.6 Å². The molecular weight excluding hydrogens is 585 g/mol. The molecule has 3 aromatic carbocycles. The van der Waals surface area contributed by atoms with Crippen LogP contribution in [-0.4, -0.2) is 51.2 Å². The Morgan fingerprint density at radius 2 is 1.74 bits per heavy atom. The highest BCUT2D eigenvalue weighted by molar-refractivity contribution is 6.39. The number of halogens is 2. The molecule has 4 rings (SSSR count). The number of para-hydroxylation sites is 1. The van der Waals surface area contributed by atoms with Gasteiger partial charge in [-0.05, 0) is 54.5 Å². The summed E-state index contributed by atoms with van der Waals surface area (Å²) < 4.78 is 35.7. The van der Waals surface area contributed by atoms with Gasteiger partial charge in [-0.15, -0.1) is 0 Å². The summed E-state index contributed by atoms with van der Waals surface area (Å²) in [5.41, 5.74) is 0.0348. The van der Waals surface area contributed by atoms with Crippen LogP contribution in [-0.2, 0) is 14.4 Å². The van der Waals surface area contributed by atoms with Gasteiger partial charge in [0.2, 0.25) is 0 Å². The molecule has 5 amide bonds. The van der Waals surface area contributed by atoms with Gasteiger partial charge in [-0.25, -0.2) is 14.1 Å². The minimum Gasteiger partial charge on any atom is -0.493 e. The molecule has 0 spiro atoms. The summed E-state index contributed by atoms with van der Waals surface area (Å²) in [6, 6.07) is 12.0. The van der Waals surface area contributed by atoms with E-state index in [1.165, 1.54) is 62.8 Å². The van der Waals surface area contributed by atoms with Gasteiger partial charge in [0.1, 0.15) is 11.4 Å². The van der Waals surface area contributed by atoms with Crippen molar-refractivity contribution in [1.82, 2.24) is 5.32 Å². The van der Waals surface area contributed by atoms with Gasteiger partial charge in [0.15, 0.2) is 29.6 Å². The molecule has 1 saturated heterocycles. The number of rotatable bonds is 11. The van der Waals surface area contributed by atoms with E-state index < -0.39 is 36.2 Å². The standard InChI is InChI=1S/C30H27ClFN3O8/c1-4-11-42-23-10-9-18(15-24(23)40-2)35-29(38)19(28(37)34-30(35)39)12-17-13-20(31)27(25(14-17)41-3)43-16-26(36)33-22-8-6-5-7-21(22)32/h5-10,12-15H,4,11,16H2,1-3H3,(H,33,36)(H,34,37,39)/b19-12-. The first-order valence-electron chi connectivity index (χ1n) is 12.9. The predicted octanol–water partition coefficient (Wildman–Crippen LogP) is 4.97. The van der Waals surface area contributed by atoms with Crippen LogP contribution >= 0.6 is 11.6 Å². The van der Waals surface area contributed by atoms with E-state index in [0.29, 0.717) is 18.1 Å². The van der Waals surface area contributed by atoms with Crippen molar-refractivity contribution in [2.75, 3.05) is 37.7 Å². The maximum absolute atomic E-state index is 13.8. The summed E-state index contributed by atoms with van der Waals surface area (Å²) in [6.07, 6.45) is 2.00. The molecule has 1 heterocycles. The normalized spacial score (nSPS) is 13.9. The number of urea groups is 1. The van der Waals surface area contributed by atoms with Gasteiger partial charge in [-0.3, -0.25) is 19.7 Å². The SMILES string of the molecule is CCCOc1ccc(N2C(=O)NC(=O)/C(=C/c3cc(Cl)c(OCC(=O)Nc4ccccc4F)c(OC)c3)C2=O)cc1OC. The Morgan fingerprint density at radius 1 is 1.00 bits per heavy atom. The lowest BCUT2D eigenvalue weighted by Gasteiger charge is -2.27. The molecule has 0 atom stereocenters. The zero-order chi connectivity index (χ0) is 31.1. The van der Waals surface area contributed by atoms with E-state index in [1.807, 2.05) is 6.92 Å². The molecular formula is C30H27ClFN3O8. The molecule has 0 aliphatic carbocycles. The molecule has 0 saturated carbocycles. The molecule has 0 bridgehead atoms. The number of nitrogens with one attached hydrogen (secondary N) is 2. The fourth-order valence-electron chi connectivity index (χ4n) is 4.04. The molecule has 1 fully saturated rings. The first-order chi connectivity index (χ1) is 20.7. The Hall–Kier alpha value is -5.10. The molecule has 0 aromatic heterocycles. The summed E-state index contributed by atoms with van der Waals surface area (Å²) >= 11 is 6.40. The Labute approximate surface area is 251 Å². The van der Waals surface area contributed by atoms with Gasteiger partial charge < -0.3 is 24.3 Å². The number of ether oxygens (including phenoxy) is 4. The number of carbonyl (C=O) groups is 4. The number of hydrogen-bond donors (Lipinski definition) is 2. The molecule has 0 radical (unpaired) electrons. The summed E-state index contributed by atoms with van der Waals surface area (Å²) in [7, 11) is 2.75. The van der Waals surface area contributed by atoms with Gasteiger partial charge in [0.25, 0.3) is 17.7 Å². The van der Waals surface area contributed by atoms with Crippen molar-refractivity contribution in [2.45, 2.75) is 13.3 Å². The molecule has 13 heteroatoms. The van der Waals surface area contributed by atoms with Crippen LogP contribution in [0, 0.1) is 5.82 Å². The van der Waals surface area contributed by atoms with Crippen LogP contribution in [0.5, 0.6) is 23.0 Å². The maximum atomic E-state index is 13.8. The summed E-state index contributed by atoms with van der Waals surface area (Å²) in [5.74, 6) is -2.25. The number of benzene rings is 3. The molecule has 43 heavy (non-hydrogen) atoms. The average Bonchev–Trinajstić information content (AvgIpc) is 2.98. The summed E-state index contributed by atoms with van der Waals surface area (Å²) in [6.45, 7) is 1.87. The van der Waals surface area contributed by atoms with Crippen molar-refractivity contribution >= 4 is 52.8 Å². The van der Waals surface area contributed by atoms with Gasteiger partial charge in [0.05, 0.1) is 37.2 Å². The van der Waals surface area contributed by atoms with E-state index in [4.69, 9.17) is 30.5 Å². The second-order valence-corrected chi connectivity index (χ2v) is 9.40. The van der Waals surface area contributed by atoms with Crippen LogP contribution in [0.15, 0.2) is 60.2 Å². The molecule has 224 valence electrons. The molecule has 1 aliphatic heterocycles. The smallest absolute Gasteiger partial charge is 0.335 e. The Morgan fingerprint density at radius 3 is 2.44 bits per heavy atom. The Kier molecular flexibility index (Phi) is 9.83. The highest BCUT2D eigenvalue weighted by Crippen LogP contribution is 2.38. The fourth-order valence-corrected chi connectivity index (χ4v) is 4.31. The highest BCUT2D eigenvalue weighted by atomic mass is 35.5. The van der Waals surface area contributed by atoms with Crippen molar-refractivity contribution < 1.29 is 42.5 Å². The maximum Gasteiger partial charge on any atom is 0.335 e. The van der Waals surface area contributed by atoms with Gasteiger partial charge in [-0.2, -0.15) is 0 Å². The number of imide groups is 2. The van der Waals surface area contributed by atoms with Crippen LogP contribution in [0.3, 0.4) is 0 Å². The zero-order valence-corrected chi connectivity index (χ0v) is 24.1. The number of anilines is 2. The predicted molar refractivity (Wildman–Crippen MR) is 156 cm³/mol. The minimum atomic E-state index is -0.940. The fraction of sp³-hybridized carbons (Fsp3) is 0.200.